The first-order valence-corrected chi connectivity index (χ1v) is 7.23. The molecule has 21 heavy (non-hydrogen) atoms. The van der Waals surface area contributed by atoms with Crippen LogP contribution >= 0.6 is 12.4 Å². The molecule has 0 spiro atoms. The van der Waals surface area contributed by atoms with Crippen molar-refractivity contribution in [1.29, 1.82) is 0 Å². The van der Waals surface area contributed by atoms with Crippen LogP contribution in [0.4, 0.5) is 10.1 Å². The van der Waals surface area contributed by atoms with Gasteiger partial charge in [-0.2, -0.15) is 0 Å². The van der Waals surface area contributed by atoms with Crippen LogP contribution in [-0.2, 0) is 4.79 Å². The normalized spacial score (nSPS) is 25.0. The number of nitrogens with zero attached hydrogens (tertiary/aromatic N) is 1. The van der Waals surface area contributed by atoms with Crippen LogP contribution < -0.4 is 10.6 Å². The second-order valence-electron chi connectivity index (χ2n) is 5.69. The lowest BCUT2D eigenvalue weighted by atomic mass is 10.1. The van der Waals surface area contributed by atoms with Gasteiger partial charge in [0, 0.05) is 25.2 Å². The molecule has 0 aliphatic carbocycles. The Morgan fingerprint density at radius 2 is 2.05 bits per heavy atom. The van der Waals surface area contributed by atoms with Gasteiger partial charge in [0.05, 0.1) is 12.2 Å². The van der Waals surface area contributed by atoms with E-state index in [1.165, 1.54) is 18.9 Å². The number of nitrogens with one attached hydrogen (secondary N) is 2. The summed E-state index contributed by atoms with van der Waals surface area (Å²) in [5.41, 5.74) is 0.256. The summed E-state index contributed by atoms with van der Waals surface area (Å²) in [6.07, 6.45) is 3.53. The van der Waals surface area contributed by atoms with Crippen molar-refractivity contribution in [3.8, 4) is 0 Å². The zero-order chi connectivity index (χ0) is 13.9. The van der Waals surface area contributed by atoms with Crippen LogP contribution in [-0.4, -0.2) is 42.5 Å². The van der Waals surface area contributed by atoms with E-state index in [2.05, 4.69) is 15.5 Å². The van der Waals surface area contributed by atoms with Gasteiger partial charge in [0.1, 0.15) is 5.82 Å². The molecule has 116 valence electrons. The summed E-state index contributed by atoms with van der Waals surface area (Å²) in [6, 6.07) is 7.38. The number of halogens is 2. The van der Waals surface area contributed by atoms with Crippen LogP contribution in [0, 0.1) is 5.82 Å². The Balaban J connectivity index is 0.00000161. The number of likely N-dealkylation sites (tertiary alicyclic amines) is 1. The number of anilines is 1. The van der Waals surface area contributed by atoms with E-state index in [1.807, 2.05) is 0 Å². The molecule has 1 aromatic carbocycles. The Morgan fingerprint density at radius 3 is 2.86 bits per heavy atom. The molecule has 1 amide bonds. The molecule has 2 N–H and O–H groups in total. The Hall–Kier alpha value is -1.17. The van der Waals surface area contributed by atoms with Crippen molar-refractivity contribution >= 4 is 24.0 Å². The van der Waals surface area contributed by atoms with E-state index in [-0.39, 0.29) is 24.0 Å². The molecule has 0 saturated carbocycles. The Bertz CT molecular complexity index is 500. The van der Waals surface area contributed by atoms with E-state index in [0.717, 1.165) is 19.5 Å². The van der Waals surface area contributed by atoms with Gasteiger partial charge in [0.2, 0.25) is 5.91 Å². The standard InChI is InChI=1S/C15H20FN3O.ClH/c16-13-3-1-2-4-14(13)18-15(20)10-19-8-7-11-5-6-12(9-19)17-11;/h1-4,11-12,17H,5-10H2,(H,18,20);1H. The topological polar surface area (TPSA) is 44.4 Å². The van der Waals surface area contributed by atoms with E-state index in [0.29, 0.717) is 18.6 Å². The second-order valence-corrected chi connectivity index (χ2v) is 5.69. The van der Waals surface area contributed by atoms with Crippen LogP contribution in [0.1, 0.15) is 19.3 Å². The number of hydrogen-bond acceptors (Lipinski definition) is 3. The van der Waals surface area contributed by atoms with E-state index in [9.17, 15) is 9.18 Å². The molecule has 3 rings (SSSR count). The maximum absolute atomic E-state index is 13.5. The number of carbonyl (C=O) groups is 1. The average Bonchev–Trinajstić information content (AvgIpc) is 2.76. The van der Waals surface area contributed by atoms with Crippen LogP contribution in [0.2, 0.25) is 0 Å². The Kier molecular flexibility index (Phi) is 5.56. The monoisotopic (exact) mass is 313 g/mol. The van der Waals surface area contributed by atoms with Crippen molar-refractivity contribution in [3.05, 3.63) is 30.1 Å². The van der Waals surface area contributed by atoms with Gasteiger partial charge in [-0.25, -0.2) is 4.39 Å². The summed E-state index contributed by atoms with van der Waals surface area (Å²) in [7, 11) is 0. The fraction of sp³-hybridized carbons (Fsp3) is 0.533. The molecule has 2 atom stereocenters. The molecule has 1 aromatic rings. The fourth-order valence-corrected chi connectivity index (χ4v) is 3.11. The highest BCUT2D eigenvalue weighted by molar-refractivity contribution is 5.92. The highest BCUT2D eigenvalue weighted by Gasteiger charge is 2.29. The molecule has 0 aromatic heterocycles. The molecule has 2 fully saturated rings. The van der Waals surface area contributed by atoms with Gasteiger partial charge in [-0.15, -0.1) is 12.4 Å². The number of para-hydroxylation sites is 1. The Labute approximate surface area is 130 Å². The second kappa shape index (κ2) is 7.20. The van der Waals surface area contributed by atoms with E-state index < -0.39 is 5.82 Å². The molecule has 2 heterocycles. The summed E-state index contributed by atoms with van der Waals surface area (Å²) in [5.74, 6) is -0.537. The van der Waals surface area contributed by atoms with Crippen molar-refractivity contribution in [3.63, 3.8) is 0 Å². The van der Waals surface area contributed by atoms with Gasteiger partial charge < -0.3 is 10.6 Å². The molecule has 2 aliphatic heterocycles. The van der Waals surface area contributed by atoms with Crippen molar-refractivity contribution < 1.29 is 9.18 Å². The third-order valence-corrected chi connectivity index (χ3v) is 4.12. The van der Waals surface area contributed by atoms with Crippen molar-refractivity contribution in [2.75, 3.05) is 25.0 Å². The molecule has 4 nitrogen and oxygen atoms in total. The lowest BCUT2D eigenvalue weighted by molar-refractivity contribution is -0.117. The molecule has 0 radical (unpaired) electrons. The number of hydrogen-bond donors (Lipinski definition) is 2. The maximum atomic E-state index is 13.5. The first-order chi connectivity index (χ1) is 9.70. The number of fused-ring (bicyclic) bond motifs is 2. The molecule has 2 saturated heterocycles. The highest BCUT2D eigenvalue weighted by Crippen LogP contribution is 2.20. The summed E-state index contributed by atoms with van der Waals surface area (Å²) < 4.78 is 13.5. The van der Waals surface area contributed by atoms with E-state index >= 15 is 0 Å². The Morgan fingerprint density at radius 1 is 1.29 bits per heavy atom. The zero-order valence-electron chi connectivity index (χ0n) is 11.8. The highest BCUT2D eigenvalue weighted by atomic mass is 35.5. The van der Waals surface area contributed by atoms with Gasteiger partial charge in [-0.1, -0.05) is 12.1 Å². The smallest absolute Gasteiger partial charge is 0.238 e. The quantitative estimate of drug-likeness (QED) is 0.897. The minimum Gasteiger partial charge on any atom is -0.322 e. The van der Waals surface area contributed by atoms with Gasteiger partial charge in [-0.3, -0.25) is 9.69 Å². The van der Waals surface area contributed by atoms with Gasteiger partial charge in [0.15, 0.2) is 0 Å². The summed E-state index contributed by atoms with van der Waals surface area (Å²) in [5, 5.41) is 6.23. The third-order valence-electron chi connectivity index (χ3n) is 4.12. The number of benzene rings is 1. The predicted molar refractivity (Wildman–Crippen MR) is 83.3 cm³/mol. The largest absolute Gasteiger partial charge is 0.322 e. The molecular weight excluding hydrogens is 293 g/mol. The third kappa shape index (κ3) is 4.15. The van der Waals surface area contributed by atoms with E-state index in [1.54, 1.807) is 18.2 Å². The fourth-order valence-electron chi connectivity index (χ4n) is 3.11. The lowest BCUT2D eigenvalue weighted by Crippen LogP contribution is -2.39. The summed E-state index contributed by atoms with van der Waals surface area (Å²) in [6.45, 7) is 2.17. The molecule has 2 bridgehead atoms. The van der Waals surface area contributed by atoms with E-state index in [4.69, 9.17) is 0 Å². The first kappa shape index (κ1) is 16.2. The van der Waals surface area contributed by atoms with Crippen LogP contribution in [0.25, 0.3) is 0 Å². The number of rotatable bonds is 3. The molecule has 6 heteroatoms. The SMILES string of the molecule is Cl.O=C(CN1CCC2CCC(C1)N2)Nc1ccccc1F. The van der Waals surface area contributed by atoms with Gasteiger partial charge >= 0.3 is 0 Å². The minimum absolute atomic E-state index is 0. The zero-order valence-corrected chi connectivity index (χ0v) is 12.7. The molecular formula is C15H21ClFN3O. The predicted octanol–water partition coefficient (Wildman–Crippen LogP) is 2.01. The van der Waals surface area contributed by atoms with Gasteiger partial charge in [0.25, 0.3) is 0 Å². The average molecular weight is 314 g/mol. The molecule has 2 aliphatic rings. The lowest BCUT2D eigenvalue weighted by Gasteiger charge is -2.23. The van der Waals surface area contributed by atoms with Crippen molar-refractivity contribution in [1.82, 2.24) is 10.2 Å². The van der Waals surface area contributed by atoms with Crippen molar-refractivity contribution in [2.24, 2.45) is 0 Å². The van der Waals surface area contributed by atoms with Crippen molar-refractivity contribution in [2.45, 2.75) is 31.3 Å². The first-order valence-electron chi connectivity index (χ1n) is 7.23. The van der Waals surface area contributed by atoms with Crippen LogP contribution in [0.3, 0.4) is 0 Å². The van der Waals surface area contributed by atoms with Crippen LogP contribution in [0.5, 0.6) is 0 Å². The minimum atomic E-state index is -0.391. The molecule has 2 unspecified atom stereocenters. The van der Waals surface area contributed by atoms with Gasteiger partial charge in [-0.05, 0) is 31.4 Å². The van der Waals surface area contributed by atoms with Crippen LogP contribution in [0.15, 0.2) is 24.3 Å². The maximum Gasteiger partial charge on any atom is 0.238 e. The number of carbonyl (C=O) groups excluding carboxylic acids is 1. The number of amides is 1. The summed E-state index contributed by atoms with van der Waals surface area (Å²) in [4.78, 5) is 14.2. The summed E-state index contributed by atoms with van der Waals surface area (Å²) >= 11 is 0.